The highest BCUT2D eigenvalue weighted by Crippen LogP contribution is 2.26. The molecule has 1 aliphatic carbocycles. The molecule has 5 nitrogen and oxygen atoms in total. The zero-order valence-electron chi connectivity index (χ0n) is 11.0. The highest BCUT2D eigenvalue weighted by molar-refractivity contribution is 6.30. The summed E-state index contributed by atoms with van der Waals surface area (Å²) in [5.74, 6) is -1.06. The molecule has 1 fully saturated rings. The summed E-state index contributed by atoms with van der Waals surface area (Å²) in [6, 6.07) is 7.47. The van der Waals surface area contributed by atoms with Crippen LogP contribution in [0.3, 0.4) is 0 Å². The van der Waals surface area contributed by atoms with Gasteiger partial charge in [-0.15, -0.1) is 0 Å². The number of carboxylic acid groups (broad SMARTS) is 1. The van der Waals surface area contributed by atoms with Gasteiger partial charge < -0.3 is 10.4 Å². The SMILES string of the molecule is O=C(O)CN(CC(=O)NCc1ccc(Cl)cc1)C1CC1. The number of hydrogen-bond donors (Lipinski definition) is 2. The number of carboxylic acids is 1. The molecule has 2 rings (SSSR count). The van der Waals surface area contributed by atoms with Crippen LogP contribution in [0.2, 0.25) is 5.02 Å². The number of halogens is 1. The fraction of sp³-hybridized carbons (Fsp3) is 0.429. The van der Waals surface area contributed by atoms with E-state index in [9.17, 15) is 9.59 Å². The van der Waals surface area contributed by atoms with E-state index in [-0.39, 0.29) is 25.0 Å². The van der Waals surface area contributed by atoms with Gasteiger partial charge in [-0.25, -0.2) is 0 Å². The minimum absolute atomic E-state index is 0.0843. The van der Waals surface area contributed by atoms with Gasteiger partial charge in [0.2, 0.25) is 5.91 Å². The maximum absolute atomic E-state index is 11.8. The summed E-state index contributed by atoms with van der Waals surface area (Å²) in [6.45, 7) is 0.463. The molecule has 0 saturated heterocycles. The first kappa shape index (κ1) is 14.8. The molecule has 0 heterocycles. The van der Waals surface area contributed by atoms with Crippen LogP contribution in [0.25, 0.3) is 0 Å². The van der Waals surface area contributed by atoms with Crippen LogP contribution in [0.4, 0.5) is 0 Å². The molecule has 0 atom stereocenters. The highest BCUT2D eigenvalue weighted by atomic mass is 35.5. The number of rotatable bonds is 7. The number of hydrogen-bond acceptors (Lipinski definition) is 3. The predicted octanol–water partition coefficient (Wildman–Crippen LogP) is 1.51. The Morgan fingerprint density at radius 1 is 1.25 bits per heavy atom. The van der Waals surface area contributed by atoms with Gasteiger partial charge in [0.15, 0.2) is 0 Å². The van der Waals surface area contributed by atoms with E-state index >= 15 is 0 Å². The van der Waals surface area contributed by atoms with Crippen LogP contribution in [-0.2, 0) is 16.1 Å². The van der Waals surface area contributed by atoms with E-state index in [2.05, 4.69) is 5.32 Å². The summed E-state index contributed by atoms with van der Waals surface area (Å²) in [7, 11) is 0. The summed E-state index contributed by atoms with van der Waals surface area (Å²) in [5.41, 5.74) is 0.957. The third-order valence-corrected chi connectivity index (χ3v) is 3.40. The quantitative estimate of drug-likeness (QED) is 0.800. The Balaban J connectivity index is 1.79. The van der Waals surface area contributed by atoms with E-state index in [0.717, 1.165) is 18.4 Å². The number of nitrogens with one attached hydrogen (secondary N) is 1. The molecule has 108 valence electrons. The van der Waals surface area contributed by atoms with Crippen molar-refractivity contribution in [2.24, 2.45) is 0 Å². The van der Waals surface area contributed by atoms with Crippen LogP contribution in [0, 0.1) is 0 Å². The van der Waals surface area contributed by atoms with Crippen LogP contribution < -0.4 is 5.32 Å². The topological polar surface area (TPSA) is 69.6 Å². The summed E-state index contributed by atoms with van der Waals surface area (Å²) < 4.78 is 0. The van der Waals surface area contributed by atoms with Crippen molar-refractivity contribution in [3.05, 3.63) is 34.9 Å². The van der Waals surface area contributed by atoms with Crippen LogP contribution in [0.1, 0.15) is 18.4 Å². The zero-order chi connectivity index (χ0) is 14.5. The average Bonchev–Trinajstić information content (AvgIpc) is 3.21. The molecular formula is C14H17ClN2O3. The fourth-order valence-electron chi connectivity index (χ4n) is 1.97. The van der Waals surface area contributed by atoms with Gasteiger partial charge in [-0.3, -0.25) is 14.5 Å². The molecule has 2 N–H and O–H groups in total. The van der Waals surface area contributed by atoms with Gasteiger partial charge in [0.05, 0.1) is 13.1 Å². The molecule has 1 amide bonds. The smallest absolute Gasteiger partial charge is 0.317 e. The van der Waals surface area contributed by atoms with E-state index in [0.29, 0.717) is 11.6 Å². The van der Waals surface area contributed by atoms with Gasteiger partial charge in [0, 0.05) is 17.6 Å². The van der Waals surface area contributed by atoms with Crippen molar-refractivity contribution in [3.8, 4) is 0 Å². The molecule has 1 aliphatic rings. The van der Waals surface area contributed by atoms with Gasteiger partial charge in [-0.1, -0.05) is 23.7 Å². The molecule has 1 saturated carbocycles. The van der Waals surface area contributed by atoms with Crippen molar-refractivity contribution < 1.29 is 14.7 Å². The van der Waals surface area contributed by atoms with Crippen molar-refractivity contribution >= 4 is 23.5 Å². The molecule has 0 spiro atoms. The molecule has 6 heteroatoms. The predicted molar refractivity (Wildman–Crippen MR) is 75.5 cm³/mol. The first-order chi connectivity index (χ1) is 9.54. The minimum Gasteiger partial charge on any atom is -0.480 e. The number of benzene rings is 1. The van der Waals surface area contributed by atoms with Crippen molar-refractivity contribution in [1.82, 2.24) is 10.2 Å². The maximum atomic E-state index is 11.8. The van der Waals surface area contributed by atoms with Crippen molar-refractivity contribution in [2.45, 2.75) is 25.4 Å². The van der Waals surface area contributed by atoms with Gasteiger partial charge in [-0.05, 0) is 30.5 Å². The van der Waals surface area contributed by atoms with Crippen molar-refractivity contribution in [1.29, 1.82) is 0 Å². The highest BCUT2D eigenvalue weighted by Gasteiger charge is 2.31. The average molecular weight is 297 g/mol. The van der Waals surface area contributed by atoms with Gasteiger partial charge in [0.25, 0.3) is 0 Å². The zero-order valence-corrected chi connectivity index (χ0v) is 11.8. The molecule has 1 aromatic carbocycles. The van der Waals surface area contributed by atoms with E-state index in [4.69, 9.17) is 16.7 Å². The molecule has 1 aromatic rings. The number of carbonyl (C=O) groups is 2. The van der Waals surface area contributed by atoms with E-state index < -0.39 is 5.97 Å². The number of amides is 1. The molecule has 0 bridgehead atoms. The number of nitrogens with zero attached hydrogens (tertiary/aromatic N) is 1. The number of carbonyl (C=O) groups excluding carboxylic acids is 1. The lowest BCUT2D eigenvalue weighted by atomic mass is 10.2. The molecular weight excluding hydrogens is 280 g/mol. The lowest BCUT2D eigenvalue weighted by Gasteiger charge is -2.18. The largest absolute Gasteiger partial charge is 0.480 e. The Morgan fingerprint density at radius 2 is 1.90 bits per heavy atom. The summed E-state index contributed by atoms with van der Waals surface area (Å²) in [6.07, 6.45) is 1.94. The standard InChI is InChI=1S/C14H17ClN2O3/c15-11-3-1-10(2-4-11)7-16-13(18)8-17(9-14(19)20)12-5-6-12/h1-4,12H,5-9H2,(H,16,18)(H,19,20). The fourth-order valence-corrected chi connectivity index (χ4v) is 2.10. The molecule has 0 radical (unpaired) electrons. The second-order valence-electron chi connectivity index (χ2n) is 4.93. The van der Waals surface area contributed by atoms with E-state index in [1.807, 2.05) is 12.1 Å². The third-order valence-electron chi connectivity index (χ3n) is 3.15. The molecule has 0 unspecified atom stereocenters. The Hall–Kier alpha value is -1.59. The summed E-state index contributed by atoms with van der Waals surface area (Å²) in [4.78, 5) is 24.3. The Bertz CT molecular complexity index is 486. The maximum Gasteiger partial charge on any atom is 0.317 e. The normalized spacial score (nSPS) is 14.3. The van der Waals surface area contributed by atoms with Crippen LogP contribution in [-0.4, -0.2) is 41.0 Å². The summed E-state index contributed by atoms with van der Waals surface area (Å²) >= 11 is 5.78. The number of aliphatic carboxylic acids is 1. The second kappa shape index (κ2) is 6.72. The van der Waals surface area contributed by atoms with Crippen LogP contribution in [0.5, 0.6) is 0 Å². The Kier molecular flexibility index (Phi) is 4.98. The van der Waals surface area contributed by atoms with Crippen molar-refractivity contribution in [2.75, 3.05) is 13.1 Å². The van der Waals surface area contributed by atoms with Gasteiger partial charge >= 0.3 is 5.97 Å². The van der Waals surface area contributed by atoms with Crippen LogP contribution in [0.15, 0.2) is 24.3 Å². The first-order valence-electron chi connectivity index (χ1n) is 6.51. The van der Waals surface area contributed by atoms with E-state index in [1.54, 1.807) is 17.0 Å². The summed E-state index contributed by atoms with van der Waals surface area (Å²) in [5, 5.41) is 12.3. The van der Waals surface area contributed by atoms with Crippen molar-refractivity contribution in [3.63, 3.8) is 0 Å². The van der Waals surface area contributed by atoms with Gasteiger partial charge in [-0.2, -0.15) is 0 Å². The second-order valence-corrected chi connectivity index (χ2v) is 5.37. The third kappa shape index (κ3) is 4.83. The van der Waals surface area contributed by atoms with E-state index in [1.165, 1.54) is 0 Å². The van der Waals surface area contributed by atoms with Crippen LogP contribution >= 0.6 is 11.6 Å². The lowest BCUT2D eigenvalue weighted by Crippen LogP contribution is -2.40. The Labute approximate surface area is 122 Å². The minimum atomic E-state index is -0.901. The molecule has 20 heavy (non-hydrogen) atoms. The lowest BCUT2D eigenvalue weighted by molar-refractivity contribution is -0.138. The van der Waals surface area contributed by atoms with Gasteiger partial charge in [0.1, 0.15) is 0 Å². The first-order valence-corrected chi connectivity index (χ1v) is 6.89. The Morgan fingerprint density at radius 3 is 2.45 bits per heavy atom. The molecule has 0 aliphatic heterocycles. The molecule has 0 aromatic heterocycles. The monoisotopic (exact) mass is 296 g/mol.